The molecule has 1 fully saturated rings. The number of hydrogen-bond acceptors (Lipinski definition) is 4. The second-order valence-corrected chi connectivity index (χ2v) is 8.74. The molecular formula is C19H33IN4O3S. The first-order valence-corrected chi connectivity index (χ1v) is 11.0. The van der Waals surface area contributed by atoms with E-state index < -0.39 is 10.0 Å². The second kappa shape index (κ2) is 12.6. The van der Waals surface area contributed by atoms with E-state index >= 15 is 0 Å². The molecule has 1 unspecified atom stereocenters. The second-order valence-electron chi connectivity index (χ2n) is 6.80. The van der Waals surface area contributed by atoms with Gasteiger partial charge in [0.1, 0.15) is 0 Å². The van der Waals surface area contributed by atoms with E-state index in [1.165, 1.54) is 0 Å². The first kappa shape index (κ1) is 25.1. The van der Waals surface area contributed by atoms with Gasteiger partial charge in [0.05, 0.1) is 11.5 Å². The molecule has 0 aliphatic carbocycles. The summed E-state index contributed by atoms with van der Waals surface area (Å²) in [5.74, 6) is 1.10. The molecule has 160 valence electrons. The van der Waals surface area contributed by atoms with Crippen LogP contribution in [0.15, 0.2) is 34.2 Å². The Labute approximate surface area is 186 Å². The van der Waals surface area contributed by atoms with Gasteiger partial charge in [0.25, 0.3) is 0 Å². The zero-order valence-electron chi connectivity index (χ0n) is 17.0. The van der Waals surface area contributed by atoms with Gasteiger partial charge in [-0.2, -0.15) is 4.31 Å². The van der Waals surface area contributed by atoms with Crippen molar-refractivity contribution in [3.63, 3.8) is 0 Å². The SMILES string of the molecule is CCOCCNC(=NC)NCc1ccc(S(=O)(=O)N2CCCC(C)C2)cc1.I. The predicted molar refractivity (Wildman–Crippen MR) is 124 cm³/mol. The summed E-state index contributed by atoms with van der Waals surface area (Å²) in [4.78, 5) is 4.52. The zero-order chi connectivity index (χ0) is 19.7. The molecule has 1 aliphatic rings. The summed E-state index contributed by atoms with van der Waals surface area (Å²) in [5, 5.41) is 6.38. The number of nitrogens with one attached hydrogen (secondary N) is 2. The average Bonchev–Trinajstić information content (AvgIpc) is 2.68. The van der Waals surface area contributed by atoms with Crippen LogP contribution in [0.25, 0.3) is 0 Å². The van der Waals surface area contributed by atoms with E-state index in [1.807, 2.05) is 19.1 Å². The van der Waals surface area contributed by atoms with Gasteiger partial charge in [-0.3, -0.25) is 4.99 Å². The number of hydrogen-bond donors (Lipinski definition) is 2. The van der Waals surface area contributed by atoms with E-state index in [1.54, 1.807) is 23.5 Å². The average molecular weight is 524 g/mol. The Bertz CT molecular complexity index is 710. The van der Waals surface area contributed by atoms with Crippen molar-refractivity contribution >= 4 is 40.0 Å². The number of ether oxygens (including phenoxy) is 1. The zero-order valence-corrected chi connectivity index (χ0v) is 20.1. The molecule has 28 heavy (non-hydrogen) atoms. The van der Waals surface area contributed by atoms with Crippen molar-refractivity contribution in [1.82, 2.24) is 14.9 Å². The van der Waals surface area contributed by atoms with Crippen LogP contribution >= 0.6 is 24.0 Å². The van der Waals surface area contributed by atoms with Gasteiger partial charge in [-0.15, -0.1) is 24.0 Å². The van der Waals surface area contributed by atoms with Crippen molar-refractivity contribution in [2.75, 3.05) is 39.9 Å². The van der Waals surface area contributed by atoms with Crippen molar-refractivity contribution in [3.05, 3.63) is 29.8 Å². The minimum atomic E-state index is -3.40. The first-order chi connectivity index (χ1) is 13.0. The Hall–Kier alpha value is -0.910. The predicted octanol–water partition coefficient (Wildman–Crippen LogP) is 2.43. The Morgan fingerprint density at radius 1 is 1.29 bits per heavy atom. The van der Waals surface area contributed by atoms with Crippen molar-refractivity contribution in [2.45, 2.75) is 38.1 Å². The maximum absolute atomic E-state index is 12.8. The minimum absolute atomic E-state index is 0. The van der Waals surface area contributed by atoms with E-state index in [4.69, 9.17) is 4.74 Å². The summed E-state index contributed by atoms with van der Waals surface area (Å²) in [5.41, 5.74) is 0.994. The summed E-state index contributed by atoms with van der Waals surface area (Å²) in [6.45, 7) is 7.84. The van der Waals surface area contributed by atoms with Crippen LogP contribution in [0.2, 0.25) is 0 Å². The van der Waals surface area contributed by atoms with Crippen LogP contribution in [0.3, 0.4) is 0 Å². The van der Waals surface area contributed by atoms with E-state index in [9.17, 15) is 8.42 Å². The van der Waals surface area contributed by atoms with E-state index in [0.29, 0.717) is 56.2 Å². The third-order valence-corrected chi connectivity index (χ3v) is 6.49. The molecule has 1 aromatic carbocycles. The molecule has 0 amide bonds. The molecule has 0 aromatic heterocycles. The summed E-state index contributed by atoms with van der Waals surface area (Å²) in [6.07, 6.45) is 2.02. The van der Waals surface area contributed by atoms with Crippen molar-refractivity contribution < 1.29 is 13.2 Å². The Balaban J connectivity index is 0.00000392. The Morgan fingerprint density at radius 3 is 2.61 bits per heavy atom. The van der Waals surface area contributed by atoms with Crippen LogP contribution in [-0.2, 0) is 21.3 Å². The molecule has 0 bridgehead atoms. The molecule has 7 nitrogen and oxygen atoms in total. The summed E-state index contributed by atoms with van der Waals surface area (Å²) in [7, 11) is -1.69. The topological polar surface area (TPSA) is 83.0 Å². The number of halogens is 1. The maximum Gasteiger partial charge on any atom is 0.243 e. The van der Waals surface area contributed by atoms with E-state index in [-0.39, 0.29) is 24.0 Å². The molecule has 1 atom stereocenters. The molecule has 0 radical (unpaired) electrons. The van der Waals surface area contributed by atoms with Gasteiger partial charge < -0.3 is 15.4 Å². The highest BCUT2D eigenvalue weighted by atomic mass is 127. The molecular weight excluding hydrogens is 491 g/mol. The molecule has 1 aliphatic heterocycles. The smallest absolute Gasteiger partial charge is 0.243 e. The van der Waals surface area contributed by atoms with Crippen molar-refractivity contribution in [2.24, 2.45) is 10.9 Å². The number of nitrogens with zero attached hydrogens (tertiary/aromatic N) is 2. The number of guanidine groups is 1. The maximum atomic E-state index is 12.8. The highest BCUT2D eigenvalue weighted by molar-refractivity contribution is 14.0. The van der Waals surface area contributed by atoms with Gasteiger partial charge in [-0.05, 0) is 43.4 Å². The van der Waals surface area contributed by atoms with Gasteiger partial charge in [-0.1, -0.05) is 19.1 Å². The number of aliphatic imine (C=N–C) groups is 1. The van der Waals surface area contributed by atoms with Gasteiger partial charge in [0, 0.05) is 39.8 Å². The van der Waals surface area contributed by atoms with Crippen LogP contribution < -0.4 is 10.6 Å². The van der Waals surface area contributed by atoms with Crippen LogP contribution in [0.1, 0.15) is 32.3 Å². The number of rotatable bonds is 8. The Morgan fingerprint density at radius 2 is 2.00 bits per heavy atom. The largest absolute Gasteiger partial charge is 0.380 e. The van der Waals surface area contributed by atoms with Gasteiger partial charge in [-0.25, -0.2) is 8.42 Å². The van der Waals surface area contributed by atoms with Crippen LogP contribution in [0.4, 0.5) is 0 Å². The minimum Gasteiger partial charge on any atom is -0.380 e. The van der Waals surface area contributed by atoms with Crippen LogP contribution in [0, 0.1) is 5.92 Å². The fraction of sp³-hybridized carbons (Fsp3) is 0.632. The highest BCUT2D eigenvalue weighted by Gasteiger charge is 2.28. The lowest BCUT2D eigenvalue weighted by molar-refractivity contribution is 0.152. The molecule has 1 aromatic rings. The normalized spacial score (nSPS) is 18.4. The number of benzene rings is 1. The van der Waals surface area contributed by atoms with Gasteiger partial charge >= 0.3 is 0 Å². The Kier molecular flexibility index (Phi) is 11.3. The first-order valence-electron chi connectivity index (χ1n) is 9.58. The van der Waals surface area contributed by atoms with E-state index in [2.05, 4.69) is 22.5 Å². The lowest BCUT2D eigenvalue weighted by Crippen LogP contribution is -2.39. The number of sulfonamides is 1. The standard InChI is InChI=1S/C19H32N4O3S.HI/c1-4-26-13-11-21-19(20-3)22-14-17-7-9-18(10-8-17)27(24,25)23-12-5-6-16(2)15-23;/h7-10,16H,4-6,11-15H2,1-3H3,(H2,20,21,22);1H. The highest BCUT2D eigenvalue weighted by Crippen LogP contribution is 2.23. The summed E-state index contributed by atoms with van der Waals surface area (Å²) >= 11 is 0. The lowest BCUT2D eigenvalue weighted by atomic mass is 10.0. The van der Waals surface area contributed by atoms with Crippen LogP contribution in [-0.4, -0.2) is 58.6 Å². The third kappa shape index (κ3) is 7.49. The molecule has 9 heteroatoms. The lowest BCUT2D eigenvalue weighted by Gasteiger charge is -2.30. The monoisotopic (exact) mass is 524 g/mol. The fourth-order valence-corrected chi connectivity index (χ4v) is 4.68. The van der Waals surface area contributed by atoms with E-state index in [0.717, 1.165) is 18.4 Å². The van der Waals surface area contributed by atoms with Crippen molar-refractivity contribution in [3.8, 4) is 0 Å². The van der Waals surface area contributed by atoms with Gasteiger partial charge in [0.15, 0.2) is 5.96 Å². The molecule has 1 saturated heterocycles. The molecule has 2 N–H and O–H groups in total. The quantitative estimate of drug-likeness (QED) is 0.236. The van der Waals surface area contributed by atoms with Gasteiger partial charge in [0.2, 0.25) is 10.0 Å². The summed E-state index contributed by atoms with van der Waals surface area (Å²) < 4.78 is 32.5. The molecule has 1 heterocycles. The molecule has 0 spiro atoms. The van der Waals surface area contributed by atoms with Crippen molar-refractivity contribution in [1.29, 1.82) is 0 Å². The molecule has 2 rings (SSSR count). The summed E-state index contributed by atoms with van der Waals surface area (Å²) in [6, 6.07) is 7.08. The van der Waals surface area contributed by atoms with Crippen LogP contribution in [0.5, 0.6) is 0 Å². The fourth-order valence-electron chi connectivity index (χ4n) is 3.09. The number of piperidine rings is 1. The molecule has 0 saturated carbocycles. The third-order valence-electron chi connectivity index (χ3n) is 4.61.